The molecule has 0 radical (unpaired) electrons. The number of pyridine rings is 1. The van der Waals surface area contributed by atoms with Gasteiger partial charge in [0.15, 0.2) is 0 Å². The van der Waals surface area contributed by atoms with Crippen LogP contribution in [0.2, 0.25) is 0 Å². The molecule has 2 aromatic rings. The molecule has 0 saturated heterocycles. The van der Waals surface area contributed by atoms with E-state index >= 15 is 0 Å². The fourth-order valence-corrected chi connectivity index (χ4v) is 2.50. The molecule has 0 aliphatic heterocycles. The van der Waals surface area contributed by atoms with E-state index in [1.54, 1.807) is 17.7 Å². The van der Waals surface area contributed by atoms with Crippen molar-refractivity contribution in [1.29, 1.82) is 0 Å². The minimum Gasteiger partial charge on any atom is -0.496 e. The van der Waals surface area contributed by atoms with Crippen molar-refractivity contribution in [1.82, 2.24) is 4.57 Å². The second-order valence-electron chi connectivity index (χ2n) is 5.36. The first-order valence-corrected chi connectivity index (χ1v) is 7.00. The highest BCUT2D eigenvalue weighted by molar-refractivity contribution is 5.63. The van der Waals surface area contributed by atoms with Crippen molar-refractivity contribution in [2.24, 2.45) is 0 Å². The van der Waals surface area contributed by atoms with Gasteiger partial charge in [-0.15, -0.1) is 0 Å². The molecule has 1 aromatic heterocycles. The van der Waals surface area contributed by atoms with Gasteiger partial charge in [0.25, 0.3) is 5.56 Å². The summed E-state index contributed by atoms with van der Waals surface area (Å²) in [6.45, 7) is 5.65. The number of nitrogens with zero attached hydrogens (tertiary/aromatic N) is 1. The van der Waals surface area contributed by atoms with E-state index in [1.807, 2.05) is 45.0 Å². The van der Waals surface area contributed by atoms with Crippen LogP contribution in [0.1, 0.15) is 31.0 Å². The van der Waals surface area contributed by atoms with Gasteiger partial charge in [0.2, 0.25) is 0 Å². The molecular weight excluding hydrogens is 266 g/mol. The van der Waals surface area contributed by atoms with Crippen LogP contribution < -0.4 is 10.3 Å². The van der Waals surface area contributed by atoms with Crippen LogP contribution in [-0.4, -0.2) is 16.8 Å². The number of aryl methyl sites for hydroxylation is 1. The number of hydrogen-bond acceptors (Lipinski definition) is 3. The average Bonchev–Trinajstić information content (AvgIpc) is 2.46. The molecule has 0 amide bonds. The maximum atomic E-state index is 12.4. The normalized spacial score (nSPS) is 11.0. The van der Waals surface area contributed by atoms with Crippen molar-refractivity contribution in [3.05, 3.63) is 51.8 Å². The molecule has 0 unspecified atom stereocenters. The minimum absolute atomic E-state index is 0.0152. The zero-order valence-corrected chi connectivity index (χ0v) is 12.9. The highest BCUT2D eigenvalue weighted by Gasteiger charge is 2.13. The summed E-state index contributed by atoms with van der Waals surface area (Å²) in [6, 6.07) is 9.44. The third-order valence-electron chi connectivity index (χ3n) is 3.57. The fraction of sp³-hybridized carbons (Fsp3) is 0.353. The monoisotopic (exact) mass is 287 g/mol. The maximum absolute atomic E-state index is 12.4. The van der Waals surface area contributed by atoms with Crippen LogP contribution >= 0.6 is 0 Å². The van der Waals surface area contributed by atoms with Crippen LogP contribution in [0.25, 0.3) is 11.3 Å². The van der Waals surface area contributed by atoms with Crippen LogP contribution in [0.4, 0.5) is 0 Å². The third kappa shape index (κ3) is 2.85. The third-order valence-corrected chi connectivity index (χ3v) is 3.57. The second kappa shape index (κ2) is 6.14. The van der Waals surface area contributed by atoms with E-state index in [-0.39, 0.29) is 18.2 Å². The first-order valence-electron chi connectivity index (χ1n) is 7.00. The van der Waals surface area contributed by atoms with Gasteiger partial charge >= 0.3 is 0 Å². The summed E-state index contributed by atoms with van der Waals surface area (Å²) in [5.74, 6) is 0.823. The maximum Gasteiger partial charge on any atom is 0.256 e. The van der Waals surface area contributed by atoms with E-state index in [1.165, 1.54) is 0 Å². The van der Waals surface area contributed by atoms with E-state index < -0.39 is 0 Å². The molecule has 112 valence electrons. The lowest BCUT2D eigenvalue weighted by Crippen LogP contribution is -2.26. The Balaban J connectivity index is 2.66. The quantitative estimate of drug-likeness (QED) is 0.940. The summed E-state index contributed by atoms with van der Waals surface area (Å²) in [7, 11) is 1.64. The van der Waals surface area contributed by atoms with E-state index in [2.05, 4.69) is 0 Å². The molecule has 0 aliphatic carbocycles. The van der Waals surface area contributed by atoms with Crippen LogP contribution in [0, 0.1) is 6.92 Å². The van der Waals surface area contributed by atoms with E-state index in [9.17, 15) is 9.90 Å². The van der Waals surface area contributed by atoms with Gasteiger partial charge in [0.05, 0.1) is 19.4 Å². The molecule has 4 nitrogen and oxygen atoms in total. The molecule has 21 heavy (non-hydrogen) atoms. The van der Waals surface area contributed by atoms with Crippen molar-refractivity contribution in [3.63, 3.8) is 0 Å². The standard InChI is InChI=1S/C17H21NO3/c1-11(2)18-15(7-5-14(10-19)17(18)20)13-6-8-16(21-4)12(3)9-13/h5-9,11,19H,10H2,1-4H3. The molecule has 0 spiro atoms. The zero-order valence-electron chi connectivity index (χ0n) is 12.9. The number of ether oxygens (including phenoxy) is 1. The first kappa shape index (κ1) is 15.3. The SMILES string of the molecule is COc1ccc(-c2ccc(CO)c(=O)n2C(C)C)cc1C. The molecule has 1 N–H and O–H groups in total. The molecule has 0 saturated carbocycles. The lowest BCUT2D eigenvalue weighted by Gasteiger charge is -2.18. The largest absolute Gasteiger partial charge is 0.496 e. The molecule has 0 bridgehead atoms. The number of methoxy groups -OCH3 is 1. The lowest BCUT2D eigenvalue weighted by atomic mass is 10.1. The number of rotatable bonds is 4. The fourth-order valence-electron chi connectivity index (χ4n) is 2.50. The van der Waals surface area contributed by atoms with Gasteiger partial charge in [-0.2, -0.15) is 0 Å². The van der Waals surface area contributed by atoms with E-state index in [0.717, 1.165) is 22.6 Å². The second-order valence-corrected chi connectivity index (χ2v) is 5.36. The molecule has 4 heteroatoms. The molecule has 0 atom stereocenters. The van der Waals surface area contributed by atoms with Crippen LogP contribution in [0.15, 0.2) is 35.1 Å². The Bertz CT molecular complexity index is 702. The predicted molar refractivity (Wildman–Crippen MR) is 83.7 cm³/mol. The Morgan fingerprint density at radius 1 is 1.24 bits per heavy atom. The van der Waals surface area contributed by atoms with E-state index in [4.69, 9.17) is 4.74 Å². The Hall–Kier alpha value is -2.07. The molecule has 0 fully saturated rings. The molecule has 1 heterocycles. The number of aromatic nitrogens is 1. The lowest BCUT2D eigenvalue weighted by molar-refractivity contribution is 0.279. The Labute approximate surface area is 124 Å². The van der Waals surface area contributed by atoms with Crippen molar-refractivity contribution in [2.75, 3.05) is 7.11 Å². The predicted octanol–water partition coefficient (Wildman–Crippen LogP) is 2.91. The number of aliphatic hydroxyl groups excluding tert-OH is 1. The van der Waals surface area contributed by atoms with Crippen molar-refractivity contribution in [2.45, 2.75) is 33.4 Å². The molecule has 0 aliphatic rings. The summed E-state index contributed by atoms with van der Waals surface area (Å²) < 4.78 is 6.99. The Morgan fingerprint density at radius 2 is 1.95 bits per heavy atom. The molecule has 1 aromatic carbocycles. The molecule has 2 rings (SSSR count). The van der Waals surface area contributed by atoms with E-state index in [0.29, 0.717) is 5.56 Å². The van der Waals surface area contributed by atoms with Gasteiger partial charge in [-0.05, 0) is 62.2 Å². The summed E-state index contributed by atoms with van der Waals surface area (Å²) in [5.41, 5.74) is 3.10. The van der Waals surface area contributed by atoms with Crippen molar-refractivity contribution < 1.29 is 9.84 Å². The highest BCUT2D eigenvalue weighted by atomic mass is 16.5. The number of hydrogen-bond donors (Lipinski definition) is 1. The van der Waals surface area contributed by atoms with Gasteiger partial charge in [-0.25, -0.2) is 0 Å². The van der Waals surface area contributed by atoms with Gasteiger partial charge in [-0.1, -0.05) is 0 Å². The number of benzene rings is 1. The van der Waals surface area contributed by atoms with Gasteiger partial charge in [0.1, 0.15) is 5.75 Å². The highest BCUT2D eigenvalue weighted by Crippen LogP contribution is 2.27. The average molecular weight is 287 g/mol. The summed E-state index contributed by atoms with van der Waals surface area (Å²) in [6.07, 6.45) is 0. The number of aliphatic hydroxyl groups is 1. The summed E-state index contributed by atoms with van der Waals surface area (Å²) in [5, 5.41) is 9.27. The van der Waals surface area contributed by atoms with Crippen LogP contribution in [0.3, 0.4) is 0 Å². The van der Waals surface area contributed by atoms with Crippen LogP contribution in [0.5, 0.6) is 5.75 Å². The van der Waals surface area contributed by atoms with Gasteiger partial charge in [-0.3, -0.25) is 4.79 Å². The smallest absolute Gasteiger partial charge is 0.256 e. The first-order chi connectivity index (χ1) is 9.99. The van der Waals surface area contributed by atoms with Crippen LogP contribution in [-0.2, 0) is 6.61 Å². The van der Waals surface area contributed by atoms with Gasteiger partial charge in [0, 0.05) is 11.6 Å². The Kier molecular flexibility index (Phi) is 4.48. The molecular formula is C17H21NO3. The minimum atomic E-state index is -0.243. The van der Waals surface area contributed by atoms with Crippen molar-refractivity contribution >= 4 is 0 Å². The topological polar surface area (TPSA) is 51.5 Å². The van der Waals surface area contributed by atoms with Crippen molar-refractivity contribution in [3.8, 4) is 17.0 Å². The summed E-state index contributed by atoms with van der Waals surface area (Å²) in [4.78, 5) is 12.4. The van der Waals surface area contributed by atoms with Gasteiger partial charge < -0.3 is 14.4 Å². The summed E-state index contributed by atoms with van der Waals surface area (Å²) >= 11 is 0. The zero-order chi connectivity index (χ0) is 15.6. The Morgan fingerprint density at radius 3 is 2.48 bits per heavy atom.